The average molecular weight is 461 g/mol. The molecule has 0 radical (unpaired) electrons. The molecule has 0 bridgehead atoms. The highest BCUT2D eigenvalue weighted by Gasteiger charge is 2.31. The normalized spacial score (nSPS) is 17.5. The van der Waals surface area contributed by atoms with E-state index in [-0.39, 0.29) is 30.4 Å². The van der Waals surface area contributed by atoms with Crippen LogP contribution < -0.4 is 10.2 Å². The van der Waals surface area contributed by atoms with Crippen LogP contribution in [0.5, 0.6) is 0 Å². The maximum Gasteiger partial charge on any atom is 0.410 e. The van der Waals surface area contributed by atoms with Gasteiger partial charge in [-0.1, -0.05) is 0 Å². The lowest BCUT2D eigenvalue weighted by Gasteiger charge is -2.34. The van der Waals surface area contributed by atoms with E-state index in [4.69, 9.17) is 9.47 Å². The van der Waals surface area contributed by atoms with Crippen LogP contribution in [0.4, 0.5) is 16.2 Å². The molecule has 0 saturated carbocycles. The molecule has 9 heteroatoms. The molecule has 9 nitrogen and oxygen atoms in total. The summed E-state index contributed by atoms with van der Waals surface area (Å²) in [4.78, 5) is 42.8. The van der Waals surface area contributed by atoms with Crippen LogP contribution in [0.3, 0.4) is 0 Å². The number of carbonyl (C=O) groups excluding carboxylic acids is 3. The molecule has 0 aromatic heterocycles. The molecular formula is C24H36N4O5. The zero-order chi connectivity index (χ0) is 24.0. The van der Waals surface area contributed by atoms with E-state index in [1.165, 1.54) is 4.90 Å². The Morgan fingerprint density at radius 3 is 2.24 bits per heavy atom. The highest BCUT2D eigenvalue weighted by molar-refractivity contribution is 5.95. The van der Waals surface area contributed by atoms with Crippen molar-refractivity contribution in [3.05, 3.63) is 24.3 Å². The van der Waals surface area contributed by atoms with Crippen LogP contribution in [0.2, 0.25) is 0 Å². The van der Waals surface area contributed by atoms with Gasteiger partial charge in [-0.25, -0.2) is 4.79 Å². The first-order valence-electron chi connectivity index (χ1n) is 11.6. The Hall–Kier alpha value is -2.81. The van der Waals surface area contributed by atoms with E-state index < -0.39 is 5.60 Å². The molecule has 33 heavy (non-hydrogen) atoms. The summed E-state index contributed by atoms with van der Waals surface area (Å²) < 4.78 is 10.8. The van der Waals surface area contributed by atoms with Crippen molar-refractivity contribution in [3.8, 4) is 0 Å². The van der Waals surface area contributed by atoms with E-state index in [1.54, 1.807) is 11.9 Å². The molecule has 2 fully saturated rings. The van der Waals surface area contributed by atoms with Crippen molar-refractivity contribution in [2.45, 2.75) is 39.2 Å². The lowest BCUT2D eigenvalue weighted by molar-refractivity contribution is -0.138. The second-order valence-electron chi connectivity index (χ2n) is 9.63. The van der Waals surface area contributed by atoms with Gasteiger partial charge in [-0.2, -0.15) is 0 Å². The number of hydrogen-bond acceptors (Lipinski definition) is 6. The number of carbonyl (C=O) groups is 3. The van der Waals surface area contributed by atoms with Crippen LogP contribution in [0.1, 0.15) is 33.6 Å². The van der Waals surface area contributed by atoms with Crippen LogP contribution in [-0.2, 0) is 19.1 Å². The number of hydrogen-bond donors (Lipinski definition) is 1. The lowest BCUT2D eigenvalue weighted by atomic mass is 9.95. The number of nitrogens with zero attached hydrogens (tertiary/aromatic N) is 3. The Morgan fingerprint density at radius 1 is 1.06 bits per heavy atom. The summed E-state index contributed by atoms with van der Waals surface area (Å²) in [5.41, 5.74) is 1.25. The van der Waals surface area contributed by atoms with Gasteiger partial charge in [0.05, 0.1) is 19.8 Å². The molecule has 0 atom stereocenters. The molecule has 182 valence electrons. The third-order valence-electron chi connectivity index (χ3n) is 5.78. The van der Waals surface area contributed by atoms with Gasteiger partial charge in [-0.05, 0) is 57.9 Å². The van der Waals surface area contributed by atoms with Crippen molar-refractivity contribution >= 4 is 29.3 Å². The number of amides is 3. The van der Waals surface area contributed by atoms with Crippen LogP contribution in [0.25, 0.3) is 0 Å². The number of morpholine rings is 1. The molecule has 2 aliphatic heterocycles. The van der Waals surface area contributed by atoms with Gasteiger partial charge in [0.15, 0.2) is 0 Å². The lowest BCUT2D eigenvalue weighted by Crippen LogP contribution is -2.46. The first-order chi connectivity index (χ1) is 15.6. The summed E-state index contributed by atoms with van der Waals surface area (Å²) in [6.45, 7) is 9.58. The van der Waals surface area contributed by atoms with Crippen molar-refractivity contribution in [1.82, 2.24) is 9.80 Å². The Morgan fingerprint density at radius 2 is 1.67 bits per heavy atom. The highest BCUT2D eigenvalue weighted by Crippen LogP contribution is 2.22. The molecule has 0 aliphatic carbocycles. The van der Waals surface area contributed by atoms with Gasteiger partial charge in [-0.15, -0.1) is 0 Å². The van der Waals surface area contributed by atoms with Gasteiger partial charge in [0.2, 0.25) is 11.8 Å². The maximum atomic E-state index is 12.8. The predicted octanol–water partition coefficient (Wildman–Crippen LogP) is 2.57. The Labute approximate surface area is 196 Å². The zero-order valence-electron chi connectivity index (χ0n) is 20.1. The smallest absolute Gasteiger partial charge is 0.410 e. The minimum absolute atomic E-state index is 0.0175. The summed E-state index contributed by atoms with van der Waals surface area (Å²) >= 11 is 0. The average Bonchev–Trinajstić information content (AvgIpc) is 2.78. The molecule has 0 spiro atoms. The van der Waals surface area contributed by atoms with Gasteiger partial charge in [-0.3, -0.25) is 9.59 Å². The van der Waals surface area contributed by atoms with Gasteiger partial charge < -0.3 is 29.5 Å². The molecule has 1 N–H and O–H groups in total. The molecule has 2 saturated heterocycles. The molecule has 0 unspecified atom stereocenters. The molecule has 3 amide bonds. The maximum absolute atomic E-state index is 12.8. The number of rotatable bonds is 5. The molecule has 2 heterocycles. The number of ether oxygens (including phenoxy) is 2. The quantitative estimate of drug-likeness (QED) is 0.726. The van der Waals surface area contributed by atoms with Gasteiger partial charge in [0, 0.05) is 50.5 Å². The third kappa shape index (κ3) is 7.35. The van der Waals surface area contributed by atoms with Crippen molar-refractivity contribution in [2.75, 3.05) is 63.2 Å². The van der Waals surface area contributed by atoms with E-state index in [2.05, 4.69) is 10.2 Å². The second-order valence-corrected chi connectivity index (χ2v) is 9.63. The third-order valence-corrected chi connectivity index (χ3v) is 5.78. The molecule has 1 aromatic rings. The fourth-order valence-electron chi connectivity index (χ4n) is 4.02. The van der Waals surface area contributed by atoms with Crippen LogP contribution >= 0.6 is 0 Å². The number of likely N-dealkylation sites (N-methyl/N-ethyl adjacent to an activating group) is 1. The summed E-state index contributed by atoms with van der Waals surface area (Å²) in [7, 11) is 1.64. The minimum atomic E-state index is -0.542. The van der Waals surface area contributed by atoms with Gasteiger partial charge in [0.1, 0.15) is 5.60 Å². The monoisotopic (exact) mass is 460 g/mol. The van der Waals surface area contributed by atoms with Crippen LogP contribution in [0.15, 0.2) is 24.3 Å². The minimum Gasteiger partial charge on any atom is -0.444 e. The first-order valence-corrected chi connectivity index (χ1v) is 11.6. The van der Waals surface area contributed by atoms with E-state index in [0.29, 0.717) is 31.6 Å². The van der Waals surface area contributed by atoms with E-state index in [1.807, 2.05) is 45.0 Å². The fraction of sp³-hybridized carbons (Fsp3) is 0.625. The largest absolute Gasteiger partial charge is 0.444 e. The van der Waals surface area contributed by atoms with Crippen molar-refractivity contribution in [2.24, 2.45) is 5.92 Å². The molecule has 1 aromatic carbocycles. The molecular weight excluding hydrogens is 424 g/mol. The summed E-state index contributed by atoms with van der Waals surface area (Å²) in [5.74, 6) is -0.512. The van der Waals surface area contributed by atoms with Crippen molar-refractivity contribution in [1.29, 1.82) is 0 Å². The van der Waals surface area contributed by atoms with E-state index >= 15 is 0 Å². The number of nitrogens with one attached hydrogen (secondary N) is 1. The number of piperidine rings is 1. The summed E-state index contributed by atoms with van der Waals surface area (Å²) in [5, 5.41) is 2.86. The Balaban J connectivity index is 1.43. The van der Waals surface area contributed by atoms with E-state index in [9.17, 15) is 14.4 Å². The first kappa shape index (κ1) is 24.8. The summed E-state index contributed by atoms with van der Waals surface area (Å²) in [6, 6.07) is 7.70. The van der Waals surface area contributed by atoms with Crippen LogP contribution in [-0.4, -0.2) is 86.3 Å². The second kappa shape index (κ2) is 10.9. The number of anilines is 2. The standard InChI is InChI=1S/C24H36N4O5/c1-24(2,3)33-23(31)28-11-9-18(10-12-28)22(30)26(4)17-21(29)25-19-5-7-20(8-6-19)27-13-15-32-16-14-27/h5-8,18H,9-17H2,1-4H3,(H,25,29). The van der Waals surface area contributed by atoms with Gasteiger partial charge in [0.25, 0.3) is 0 Å². The number of benzene rings is 1. The zero-order valence-corrected chi connectivity index (χ0v) is 20.1. The van der Waals surface area contributed by atoms with Crippen LogP contribution in [0, 0.1) is 5.92 Å². The number of likely N-dealkylation sites (tertiary alicyclic amines) is 1. The van der Waals surface area contributed by atoms with E-state index in [0.717, 1.165) is 32.0 Å². The predicted molar refractivity (Wildman–Crippen MR) is 126 cm³/mol. The van der Waals surface area contributed by atoms with Crippen molar-refractivity contribution < 1.29 is 23.9 Å². The topological polar surface area (TPSA) is 91.4 Å². The SMILES string of the molecule is CN(CC(=O)Nc1ccc(N2CCOCC2)cc1)C(=O)C1CCN(C(=O)OC(C)(C)C)CC1. The Bertz CT molecular complexity index is 822. The molecule has 3 rings (SSSR count). The Kier molecular flexibility index (Phi) is 8.18. The fourth-order valence-corrected chi connectivity index (χ4v) is 4.02. The molecule has 2 aliphatic rings. The van der Waals surface area contributed by atoms with Gasteiger partial charge >= 0.3 is 6.09 Å². The van der Waals surface area contributed by atoms with Crippen molar-refractivity contribution in [3.63, 3.8) is 0 Å². The summed E-state index contributed by atoms with van der Waals surface area (Å²) in [6.07, 6.45) is 0.779. The highest BCUT2D eigenvalue weighted by atomic mass is 16.6.